The zero-order valence-electron chi connectivity index (χ0n) is 12.6. The number of fused-ring (bicyclic) bond motifs is 3. The van der Waals surface area contributed by atoms with Crippen molar-refractivity contribution >= 4 is 5.57 Å². The summed E-state index contributed by atoms with van der Waals surface area (Å²) in [5.74, 6) is 2.78. The van der Waals surface area contributed by atoms with Gasteiger partial charge in [-0.3, -0.25) is 0 Å². The molecule has 0 bridgehead atoms. The van der Waals surface area contributed by atoms with Gasteiger partial charge < -0.3 is 0 Å². The highest BCUT2D eigenvalue weighted by molar-refractivity contribution is 5.86. The first kappa shape index (κ1) is 13.2. The molecule has 106 valence electrons. The molecule has 0 saturated heterocycles. The highest BCUT2D eigenvalue weighted by atomic mass is 14.3. The van der Waals surface area contributed by atoms with Gasteiger partial charge in [0.05, 0.1) is 0 Å². The maximum absolute atomic E-state index is 5.48. The predicted octanol–water partition coefficient (Wildman–Crippen LogP) is 5.17. The SMILES string of the molecule is C#CCCc1ccc(C2=CC=CC2)c2c1-c1ccccc1C2. The van der Waals surface area contributed by atoms with Crippen LogP contribution < -0.4 is 0 Å². The van der Waals surface area contributed by atoms with E-state index in [2.05, 4.69) is 60.5 Å². The van der Waals surface area contributed by atoms with Crippen molar-refractivity contribution in [2.24, 2.45) is 0 Å². The standard InChI is InChI=1S/C22H18/c1-2-3-8-17-13-14-19(16-9-4-5-10-16)21-15-18-11-6-7-12-20(18)22(17)21/h1,4-7,9,11-14H,3,8,10,15H2. The summed E-state index contributed by atoms with van der Waals surface area (Å²) in [6.07, 6.45) is 16.0. The molecule has 0 spiro atoms. The maximum Gasteiger partial charge on any atom is 0.0127 e. The summed E-state index contributed by atoms with van der Waals surface area (Å²) in [6.45, 7) is 0. The summed E-state index contributed by atoms with van der Waals surface area (Å²) >= 11 is 0. The molecule has 0 aliphatic heterocycles. The average molecular weight is 282 g/mol. The van der Waals surface area contributed by atoms with Gasteiger partial charge in [-0.05, 0) is 58.2 Å². The van der Waals surface area contributed by atoms with Crippen molar-refractivity contribution in [3.8, 4) is 23.5 Å². The topological polar surface area (TPSA) is 0 Å². The van der Waals surface area contributed by atoms with E-state index in [0.717, 1.165) is 25.7 Å². The van der Waals surface area contributed by atoms with E-state index < -0.39 is 0 Å². The van der Waals surface area contributed by atoms with Crippen LogP contribution in [-0.2, 0) is 12.8 Å². The molecule has 0 atom stereocenters. The second-order valence-electron chi connectivity index (χ2n) is 5.99. The third kappa shape index (κ3) is 2.02. The second-order valence-corrected chi connectivity index (χ2v) is 5.99. The minimum atomic E-state index is 0.804. The number of hydrogen-bond donors (Lipinski definition) is 0. The molecule has 0 radical (unpaired) electrons. The lowest BCUT2D eigenvalue weighted by Gasteiger charge is -2.14. The molecule has 0 unspecified atom stereocenters. The molecule has 0 aromatic heterocycles. The molecule has 2 aromatic carbocycles. The number of rotatable bonds is 3. The van der Waals surface area contributed by atoms with Gasteiger partial charge >= 0.3 is 0 Å². The molecule has 0 heterocycles. The molecular formula is C22H18. The first-order chi connectivity index (χ1) is 10.9. The Kier molecular flexibility index (Phi) is 3.20. The maximum atomic E-state index is 5.48. The summed E-state index contributed by atoms with van der Waals surface area (Å²) in [5.41, 5.74) is 10.0. The molecule has 0 saturated carbocycles. The van der Waals surface area contributed by atoms with Gasteiger partial charge in [0.2, 0.25) is 0 Å². The van der Waals surface area contributed by atoms with E-state index >= 15 is 0 Å². The summed E-state index contributed by atoms with van der Waals surface area (Å²) in [7, 11) is 0. The highest BCUT2D eigenvalue weighted by Crippen LogP contribution is 2.43. The molecule has 2 aliphatic rings. The van der Waals surface area contributed by atoms with Crippen LogP contribution in [0.4, 0.5) is 0 Å². The Morgan fingerprint density at radius 3 is 2.77 bits per heavy atom. The Balaban J connectivity index is 1.89. The number of benzene rings is 2. The van der Waals surface area contributed by atoms with Crippen molar-refractivity contribution in [1.29, 1.82) is 0 Å². The summed E-state index contributed by atoms with van der Waals surface area (Å²) in [5, 5.41) is 0. The minimum Gasteiger partial charge on any atom is -0.120 e. The Labute approximate surface area is 132 Å². The Morgan fingerprint density at radius 1 is 1.05 bits per heavy atom. The van der Waals surface area contributed by atoms with E-state index in [4.69, 9.17) is 6.42 Å². The van der Waals surface area contributed by atoms with Crippen molar-refractivity contribution in [2.45, 2.75) is 25.7 Å². The van der Waals surface area contributed by atoms with E-state index in [1.807, 2.05) is 0 Å². The van der Waals surface area contributed by atoms with Crippen LogP contribution in [0, 0.1) is 12.3 Å². The van der Waals surface area contributed by atoms with Crippen molar-refractivity contribution in [2.75, 3.05) is 0 Å². The lowest BCUT2D eigenvalue weighted by atomic mass is 9.90. The van der Waals surface area contributed by atoms with E-state index in [-0.39, 0.29) is 0 Å². The van der Waals surface area contributed by atoms with Crippen LogP contribution in [0.3, 0.4) is 0 Å². The third-order valence-corrected chi connectivity index (χ3v) is 4.71. The van der Waals surface area contributed by atoms with Crippen molar-refractivity contribution in [1.82, 2.24) is 0 Å². The quantitative estimate of drug-likeness (QED) is 0.582. The fourth-order valence-corrected chi connectivity index (χ4v) is 3.69. The van der Waals surface area contributed by atoms with Gasteiger partial charge in [-0.1, -0.05) is 54.6 Å². The van der Waals surface area contributed by atoms with E-state index in [1.54, 1.807) is 0 Å². The van der Waals surface area contributed by atoms with Crippen LogP contribution in [0.5, 0.6) is 0 Å². The van der Waals surface area contributed by atoms with Crippen LogP contribution in [0.2, 0.25) is 0 Å². The average Bonchev–Trinajstić information content (AvgIpc) is 3.20. The normalized spacial score (nSPS) is 14.4. The lowest BCUT2D eigenvalue weighted by molar-refractivity contribution is 1.03. The molecular weight excluding hydrogens is 264 g/mol. The van der Waals surface area contributed by atoms with Crippen LogP contribution >= 0.6 is 0 Å². The molecule has 2 aliphatic carbocycles. The van der Waals surface area contributed by atoms with Crippen LogP contribution in [-0.4, -0.2) is 0 Å². The zero-order chi connectivity index (χ0) is 14.9. The molecule has 0 fully saturated rings. The summed E-state index contributed by atoms with van der Waals surface area (Å²) < 4.78 is 0. The number of aryl methyl sites for hydroxylation is 1. The van der Waals surface area contributed by atoms with Crippen LogP contribution in [0.25, 0.3) is 16.7 Å². The van der Waals surface area contributed by atoms with Gasteiger partial charge in [-0.2, -0.15) is 0 Å². The zero-order valence-corrected chi connectivity index (χ0v) is 12.6. The molecule has 0 heteroatoms. The molecule has 0 amide bonds. The fraction of sp³-hybridized carbons (Fsp3) is 0.182. The van der Waals surface area contributed by atoms with Gasteiger partial charge in [0.25, 0.3) is 0 Å². The molecule has 2 aromatic rings. The minimum absolute atomic E-state index is 0.804. The number of terminal acetylenes is 1. The van der Waals surface area contributed by atoms with E-state index in [1.165, 1.54) is 39.0 Å². The smallest absolute Gasteiger partial charge is 0.0127 e. The first-order valence-electron chi connectivity index (χ1n) is 7.91. The Bertz CT molecular complexity index is 841. The largest absolute Gasteiger partial charge is 0.120 e. The van der Waals surface area contributed by atoms with Crippen molar-refractivity contribution in [3.05, 3.63) is 76.9 Å². The first-order valence-corrected chi connectivity index (χ1v) is 7.91. The van der Waals surface area contributed by atoms with Crippen molar-refractivity contribution < 1.29 is 0 Å². The lowest BCUT2D eigenvalue weighted by Crippen LogP contribution is -1.96. The Morgan fingerprint density at radius 2 is 1.95 bits per heavy atom. The molecule has 0 N–H and O–H groups in total. The van der Waals surface area contributed by atoms with E-state index in [0.29, 0.717) is 0 Å². The van der Waals surface area contributed by atoms with Gasteiger partial charge in [-0.25, -0.2) is 0 Å². The number of hydrogen-bond acceptors (Lipinski definition) is 0. The van der Waals surface area contributed by atoms with Crippen LogP contribution in [0.15, 0.2) is 54.6 Å². The monoisotopic (exact) mass is 282 g/mol. The van der Waals surface area contributed by atoms with Gasteiger partial charge in [0, 0.05) is 6.42 Å². The second kappa shape index (κ2) is 5.35. The van der Waals surface area contributed by atoms with Crippen LogP contribution in [0.1, 0.15) is 35.1 Å². The number of allylic oxidation sites excluding steroid dienone is 4. The molecule has 22 heavy (non-hydrogen) atoms. The van der Waals surface area contributed by atoms with Gasteiger partial charge in [-0.15, -0.1) is 12.3 Å². The summed E-state index contributed by atoms with van der Waals surface area (Å²) in [6, 6.07) is 13.4. The molecule has 4 rings (SSSR count). The fourth-order valence-electron chi connectivity index (χ4n) is 3.69. The van der Waals surface area contributed by atoms with Crippen molar-refractivity contribution in [3.63, 3.8) is 0 Å². The Hall–Kier alpha value is -2.52. The van der Waals surface area contributed by atoms with Gasteiger partial charge in [0.15, 0.2) is 0 Å². The summed E-state index contributed by atoms with van der Waals surface area (Å²) in [4.78, 5) is 0. The van der Waals surface area contributed by atoms with E-state index in [9.17, 15) is 0 Å². The third-order valence-electron chi connectivity index (χ3n) is 4.71. The van der Waals surface area contributed by atoms with Gasteiger partial charge in [0.1, 0.15) is 0 Å². The highest BCUT2D eigenvalue weighted by Gasteiger charge is 2.24. The molecule has 0 nitrogen and oxygen atoms in total. The predicted molar refractivity (Wildman–Crippen MR) is 93.6 cm³/mol.